The number of anilines is 1. The van der Waals surface area contributed by atoms with E-state index in [1.807, 2.05) is 36.4 Å². The summed E-state index contributed by atoms with van der Waals surface area (Å²) in [5, 5.41) is 0. The molecular weight excluding hydrogens is 294 g/mol. The van der Waals surface area contributed by atoms with E-state index in [1.165, 1.54) is 5.56 Å². The second kappa shape index (κ2) is 7.22. The van der Waals surface area contributed by atoms with Gasteiger partial charge in [0.25, 0.3) is 0 Å². The van der Waals surface area contributed by atoms with Gasteiger partial charge in [0.1, 0.15) is 12.4 Å². The average molecular weight is 317 g/mol. The minimum absolute atomic E-state index is 0.486. The van der Waals surface area contributed by atoms with Gasteiger partial charge in [0, 0.05) is 11.3 Å². The van der Waals surface area contributed by atoms with E-state index in [1.54, 1.807) is 0 Å². The van der Waals surface area contributed by atoms with E-state index in [-0.39, 0.29) is 0 Å². The Kier molecular flexibility index (Phi) is 4.85. The molecule has 0 saturated carbocycles. The Labute approximate surface area is 143 Å². The second-order valence-corrected chi connectivity index (χ2v) is 6.31. The van der Waals surface area contributed by atoms with E-state index in [2.05, 4.69) is 50.2 Å². The number of hydrogen-bond donors (Lipinski definition) is 1. The van der Waals surface area contributed by atoms with Crippen molar-refractivity contribution in [1.29, 1.82) is 0 Å². The fourth-order valence-corrected chi connectivity index (χ4v) is 2.70. The maximum absolute atomic E-state index is 6.08. The molecule has 0 bridgehead atoms. The molecule has 0 aliphatic heterocycles. The topological polar surface area (TPSA) is 35.2 Å². The summed E-state index contributed by atoms with van der Waals surface area (Å²) < 4.78 is 6.08. The maximum atomic E-state index is 6.08. The van der Waals surface area contributed by atoms with Crippen LogP contribution in [0.25, 0.3) is 11.1 Å². The molecular formula is C22H23NO. The number of nitrogens with two attached hydrogens (primary N) is 1. The molecule has 0 aromatic heterocycles. The quantitative estimate of drug-likeness (QED) is 0.618. The smallest absolute Gasteiger partial charge is 0.127 e. The summed E-state index contributed by atoms with van der Waals surface area (Å²) in [6.45, 7) is 4.94. The van der Waals surface area contributed by atoms with Gasteiger partial charge in [-0.15, -0.1) is 0 Å². The fraction of sp³-hybridized carbons (Fsp3) is 0.182. The lowest BCUT2D eigenvalue weighted by Crippen LogP contribution is -1.98. The van der Waals surface area contributed by atoms with E-state index >= 15 is 0 Å². The van der Waals surface area contributed by atoms with E-state index in [4.69, 9.17) is 10.5 Å². The molecule has 2 N–H and O–H groups in total. The lowest BCUT2D eigenvalue weighted by atomic mass is 9.97. The molecule has 0 amide bonds. The van der Waals surface area contributed by atoms with Crippen molar-refractivity contribution in [2.45, 2.75) is 26.4 Å². The van der Waals surface area contributed by atoms with Crippen LogP contribution in [0.1, 0.15) is 30.9 Å². The van der Waals surface area contributed by atoms with Gasteiger partial charge in [-0.3, -0.25) is 0 Å². The van der Waals surface area contributed by atoms with Crippen LogP contribution in [0.15, 0.2) is 72.8 Å². The molecule has 0 radical (unpaired) electrons. The summed E-state index contributed by atoms with van der Waals surface area (Å²) >= 11 is 0. The van der Waals surface area contributed by atoms with Crippen molar-refractivity contribution in [3.8, 4) is 16.9 Å². The summed E-state index contributed by atoms with van der Waals surface area (Å²) in [5.41, 5.74) is 11.4. The van der Waals surface area contributed by atoms with Gasteiger partial charge in [-0.1, -0.05) is 68.4 Å². The highest BCUT2D eigenvalue weighted by Gasteiger charge is 2.09. The SMILES string of the molecule is CC(C)c1cccc(-c2cc(N)ccc2OCc2ccccc2)c1. The molecule has 24 heavy (non-hydrogen) atoms. The molecule has 3 aromatic carbocycles. The zero-order valence-corrected chi connectivity index (χ0v) is 14.2. The molecule has 0 saturated heterocycles. The molecule has 3 rings (SSSR count). The first-order valence-electron chi connectivity index (χ1n) is 8.30. The van der Waals surface area contributed by atoms with Crippen molar-refractivity contribution >= 4 is 5.69 Å². The van der Waals surface area contributed by atoms with Crippen molar-refractivity contribution in [3.63, 3.8) is 0 Å². The molecule has 3 aromatic rings. The van der Waals surface area contributed by atoms with Gasteiger partial charge in [-0.2, -0.15) is 0 Å². The predicted octanol–water partition coefficient (Wildman–Crippen LogP) is 5.64. The third-order valence-corrected chi connectivity index (χ3v) is 4.11. The van der Waals surface area contributed by atoms with Crippen LogP contribution >= 0.6 is 0 Å². The van der Waals surface area contributed by atoms with E-state index in [0.717, 1.165) is 28.1 Å². The first-order chi connectivity index (χ1) is 11.6. The van der Waals surface area contributed by atoms with E-state index < -0.39 is 0 Å². The van der Waals surface area contributed by atoms with Gasteiger partial charge in [-0.05, 0) is 40.8 Å². The normalized spacial score (nSPS) is 10.8. The predicted molar refractivity (Wildman–Crippen MR) is 101 cm³/mol. The summed E-state index contributed by atoms with van der Waals surface area (Å²) in [7, 11) is 0. The Morgan fingerprint density at radius 2 is 1.67 bits per heavy atom. The maximum Gasteiger partial charge on any atom is 0.127 e. The van der Waals surface area contributed by atoms with Crippen molar-refractivity contribution in [2.24, 2.45) is 0 Å². The number of hydrogen-bond acceptors (Lipinski definition) is 2. The van der Waals surface area contributed by atoms with E-state index in [0.29, 0.717) is 12.5 Å². The highest BCUT2D eigenvalue weighted by molar-refractivity contribution is 5.74. The average Bonchev–Trinajstić information content (AvgIpc) is 2.61. The van der Waals surface area contributed by atoms with Crippen LogP contribution < -0.4 is 10.5 Å². The zero-order chi connectivity index (χ0) is 16.9. The third-order valence-electron chi connectivity index (χ3n) is 4.11. The van der Waals surface area contributed by atoms with Gasteiger partial charge in [0.2, 0.25) is 0 Å². The molecule has 0 aliphatic carbocycles. The van der Waals surface area contributed by atoms with Crippen molar-refractivity contribution in [1.82, 2.24) is 0 Å². The lowest BCUT2D eigenvalue weighted by Gasteiger charge is -2.14. The van der Waals surface area contributed by atoms with E-state index in [9.17, 15) is 0 Å². The Balaban J connectivity index is 1.92. The molecule has 2 heteroatoms. The van der Waals surface area contributed by atoms with Gasteiger partial charge in [0.05, 0.1) is 0 Å². The fourth-order valence-electron chi connectivity index (χ4n) is 2.70. The molecule has 0 fully saturated rings. The molecule has 0 unspecified atom stereocenters. The Bertz CT molecular complexity index is 809. The molecule has 0 atom stereocenters. The van der Waals surface area contributed by atoms with Crippen LogP contribution in [-0.4, -0.2) is 0 Å². The van der Waals surface area contributed by atoms with Crippen LogP contribution in [0.2, 0.25) is 0 Å². The van der Waals surface area contributed by atoms with Crippen LogP contribution in [0, 0.1) is 0 Å². The van der Waals surface area contributed by atoms with Crippen LogP contribution in [0.3, 0.4) is 0 Å². The number of nitrogen functional groups attached to an aromatic ring is 1. The number of ether oxygens (including phenoxy) is 1. The van der Waals surface area contributed by atoms with Gasteiger partial charge in [0.15, 0.2) is 0 Å². The van der Waals surface area contributed by atoms with Crippen LogP contribution in [0.4, 0.5) is 5.69 Å². The largest absolute Gasteiger partial charge is 0.488 e. The molecule has 0 spiro atoms. The Morgan fingerprint density at radius 3 is 2.42 bits per heavy atom. The Morgan fingerprint density at radius 1 is 0.875 bits per heavy atom. The standard InChI is InChI=1S/C22H23NO/c1-16(2)18-9-6-10-19(13-18)21-14-20(23)11-12-22(21)24-15-17-7-4-3-5-8-17/h3-14,16H,15,23H2,1-2H3. The summed E-state index contributed by atoms with van der Waals surface area (Å²) in [6.07, 6.45) is 0. The lowest BCUT2D eigenvalue weighted by molar-refractivity contribution is 0.307. The first-order valence-corrected chi connectivity index (χ1v) is 8.30. The Hall–Kier alpha value is -2.74. The molecule has 0 aliphatic rings. The third kappa shape index (κ3) is 3.77. The minimum Gasteiger partial charge on any atom is -0.488 e. The van der Waals surface area contributed by atoms with Crippen LogP contribution in [0.5, 0.6) is 5.75 Å². The molecule has 0 heterocycles. The van der Waals surface area contributed by atoms with Crippen LogP contribution in [-0.2, 0) is 6.61 Å². The van der Waals surface area contributed by atoms with Gasteiger partial charge in [-0.25, -0.2) is 0 Å². The van der Waals surface area contributed by atoms with Gasteiger partial charge < -0.3 is 10.5 Å². The molecule has 122 valence electrons. The first kappa shape index (κ1) is 16.1. The van der Waals surface area contributed by atoms with Crippen molar-refractivity contribution < 1.29 is 4.74 Å². The number of rotatable bonds is 5. The second-order valence-electron chi connectivity index (χ2n) is 6.31. The highest BCUT2D eigenvalue weighted by Crippen LogP contribution is 2.34. The summed E-state index contributed by atoms with van der Waals surface area (Å²) in [5.74, 6) is 1.34. The number of benzene rings is 3. The van der Waals surface area contributed by atoms with Gasteiger partial charge >= 0.3 is 0 Å². The monoisotopic (exact) mass is 317 g/mol. The highest BCUT2D eigenvalue weighted by atomic mass is 16.5. The summed E-state index contributed by atoms with van der Waals surface area (Å²) in [4.78, 5) is 0. The molecule has 2 nitrogen and oxygen atoms in total. The zero-order valence-electron chi connectivity index (χ0n) is 14.2. The van der Waals surface area contributed by atoms with Crippen molar-refractivity contribution in [3.05, 3.63) is 83.9 Å². The minimum atomic E-state index is 0.486. The summed E-state index contributed by atoms with van der Waals surface area (Å²) in [6, 6.07) is 24.6. The van der Waals surface area contributed by atoms with Crippen molar-refractivity contribution in [2.75, 3.05) is 5.73 Å².